The zero-order valence-corrected chi connectivity index (χ0v) is 9.73. The molecule has 0 spiro atoms. The van der Waals surface area contributed by atoms with E-state index in [2.05, 4.69) is 26.0 Å². The van der Waals surface area contributed by atoms with Crippen molar-refractivity contribution in [1.29, 1.82) is 0 Å². The Morgan fingerprint density at radius 1 is 1.44 bits per heavy atom. The number of carboxylic acid groups (broad SMARTS) is 1. The molecule has 1 heterocycles. The normalized spacial score (nSPS) is 19.1. The minimum atomic E-state index is -0.754. The van der Waals surface area contributed by atoms with Gasteiger partial charge < -0.3 is 5.11 Å². The van der Waals surface area contributed by atoms with Crippen LogP contribution in [0.4, 0.5) is 0 Å². The molecule has 2 rings (SSSR count). The average Bonchev–Trinajstić information content (AvgIpc) is 2.15. The maximum atomic E-state index is 10.7. The molecule has 16 heavy (non-hydrogen) atoms. The van der Waals surface area contributed by atoms with Crippen molar-refractivity contribution in [2.24, 2.45) is 0 Å². The van der Waals surface area contributed by atoms with E-state index in [1.165, 1.54) is 11.1 Å². The van der Waals surface area contributed by atoms with Crippen LogP contribution in [0.1, 0.15) is 25.0 Å². The lowest BCUT2D eigenvalue weighted by Gasteiger charge is -2.39. The number of hydrogen-bond acceptors (Lipinski definition) is 2. The third-order valence-electron chi connectivity index (χ3n) is 3.12. The quantitative estimate of drug-likeness (QED) is 0.825. The second-order valence-corrected chi connectivity index (χ2v) is 5.08. The summed E-state index contributed by atoms with van der Waals surface area (Å²) in [6.45, 7) is 6.00. The predicted molar refractivity (Wildman–Crippen MR) is 62.4 cm³/mol. The van der Waals surface area contributed by atoms with Gasteiger partial charge in [-0.1, -0.05) is 38.1 Å². The molecule has 0 radical (unpaired) electrons. The number of hydrogen-bond donors (Lipinski definition) is 1. The van der Waals surface area contributed by atoms with Crippen molar-refractivity contribution >= 4 is 5.97 Å². The van der Waals surface area contributed by atoms with E-state index >= 15 is 0 Å². The first kappa shape index (κ1) is 11.1. The topological polar surface area (TPSA) is 40.5 Å². The Kier molecular flexibility index (Phi) is 2.72. The van der Waals surface area contributed by atoms with Gasteiger partial charge in [0.1, 0.15) is 0 Å². The number of nitrogens with zero attached hydrogens (tertiary/aromatic N) is 1. The first-order valence-corrected chi connectivity index (χ1v) is 5.51. The van der Waals surface area contributed by atoms with Gasteiger partial charge in [0, 0.05) is 18.5 Å². The Balaban J connectivity index is 2.29. The van der Waals surface area contributed by atoms with E-state index in [9.17, 15) is 4.79 Å². The summed E-state index contributed by atoms with van der Waals surface area (Å²) in [7, 11) is 0. The number of carbonyl (C=O) groups is 1. The minimum absolute atomic E-state index is 0.0320. The summed E-state index contributed by atoms with van der Waals surface area (Å²) >= 11 is 0. The Labute approximate surface area is 95.7 Å². The first-order chi connectivity index (χ1) is 7.49. The van der Waals surface area contributed by atoms with E-state index in [1.54, 1.807) is 0 Å². The van der Waals surface area contributed by atoms with Crippen LogP contribution < -0.4 is 0 Å². The molecular weight excluding hydrogens is 202 g/mol. The van der Waals surface area contributed by atoms with Crippen LogP contribution in [0.5, 0.6) is 0 Å². The fourth-order valence-electron chi connectivity index (χ4n) is 2.56. The van der Waals surface area contributed by atoms with Gasteiger partial charge in [-0.25, -0.2) is 0 Å². The van der Waals surface area contributed by atoms with Crippen molar-refractivity contribution in [1.82, 2.24) is 4.90 Å². The molecule has 1 aromatic carbocycles. The molecule has 1 aliphatic rings. The van der Waals surface area contributed by atoms with E-state index in [0.29, 0.717) is 0 Å². The van der Waals surface area contributed by atoms with Gasteiger partial charge in [-0.2, -0.15) is 0 Å². The van der Waals surface area contributed by atoms with Crippen molar-refractivity contribution in [2.45, 2.75) is 25.8 Å². The number of aliphatic carboxylic acids is 1. The highest BCUT2D eigenvalue weighted by Gasteiger charge is 2.31. The monoisotopic (exact) mass is 219 g/mol. The molecule has 0 unspecified atom stereocenters. The summed E-state index contributed by atoms with van der Waals surface area (Å²) in [5, 5.41) is 8.84. The molecule has 0 aliphatic carbocycles. The molecule has 0 atom stereocenters. The molecule has 1 aliphatic heterocycles. The highest BCUT2D eigenvalue weighted by molar-refractivity contribution is 5.69. The van der Waals surface area contributed by atoms with Crippen molar-refractivity contribution in [2.75, 3.05) is 13.1 Å². The molecule has 0 saturated carbocycles. The summed E-state index contributed by atoms with van der Waals surface area (Å²) in [4.78, 5) is 12.7. The molecule has 1 aromatic rings. The molecule has 0 saturated heterocycles. The fraction of sp³-hybridized carbons (Fsp3) is 0.462. The van der Waals surface area contributed by atoms with Gasteiger partial charge in [0.15, 0.2) is 0 Å². The van der Waals surface area contributed by atoms with Gasteiger partial charge in [0.2, 0.25) is 0 Å². The average molecular weight is 219 g/mol. The smallest absolute Gasteiger partial charge is 0.317 e. The Bertz CT molecular complexity index is 412. The van der Waals surface area contributed by atoms with Crippen molar-refractivity contribution in [3.05, 3.63) is 35.4 Å². The van der Waals surface area contributed by atoms with Crippen LogP contribution in [0.2, 0.25) is 0 Å². The number of benzene rings is 1. The third-order valence-corrected chi connectivity index (χ3v) is 3.12. The van der Waals surface area contributed by atoms with Crippen LogP contribution in [-0.4, -0.2) is 29.1 Å². The van der Waals surface area contributed by atoms with E-state index < -0.39 is 5.97 Å². The van der Waals surface area contributed by atoms with E-state index in [0.717, 1.165) is 13.1 Å². The SMILES string of the molecule is CC1(C)CN(CC(=O)O)Cc2ccccc21. The third kappa shape index (κ3) is 2.09. The Hall–Kier alpha value is -1.35. The van der Waals surface area contributed by atoms with Gasteiger partial charge in [-0.3, -0.25) is 9.69 Å². The van der Waals surface area contributed by atoms with Crippen molar-refractivity contribution < 1.29 is 9.90 Å². The molecule has 3 heteroatoms. The Morgan fingerprint density at radius 3 is 2.81 bits per heavy atom. The summed E-state index contributed by atoms with van der Waals surface area (Å²) in [5.74, 6) is -0.754. The van der Waals surface area contributed by atoms with Crippen LogP contribution in [-0.2, 0) is 16.8 Å². The zero-order chi connectivity index (χ0) is 11.8. The standard InChI is InChI=1S/C13H17NO2/c1-13(2)9-14(8-12(15)16)7-10-5-3-4-6-11(10)13/h3-6H,7-9H2,1-2H3,(H,15,16). The van der Waals surface area contributed by atoms with Crippen LogP contribution in [0.3, 0.4) is 0 Å². The molecule has 0 aromatic heterocycles. The highest BCUT2D eigenvalue weighted by Crippen LogP contribution is 2.32. The van der Waals surface area contributed by atoms with Crippen LogP contribution in [0.15, 0.2) is 24.3 Å². The molecule has 0 fully saturated rings. The molecule has 1 N–H and O–H groups in total. The Morgan fingerprint density at radius 2 is 2.12 bits per heavy atom. The summed E-state index contributed by atoms with van der Waals surface area (Å²) in [6.07, 6.45) is 0. The van der Waals surface area contributed by atoms with Crippen molar-refractivity contribution in [3.8, 4) is 0 Å². The van der Waals surface area contributed by atoms with E-state index in [-0.39, 0.29) is 12.0 Å². The van der Waals surface area contributed by atoms with Crippen LogP contribution in [0.25, 0.3) is 0 Å². The van der Waals surface area contributed by atoms with Crippen molar-refractivity contribution in [3.63, 3.8) is 0 Å². The zero-order valence-electron chi connectivity index (χ0n) is 9.73. The fourth-order valence-corrected chi connectivity index (χ4v) is 2.56. The van der Waals surface area contributed by atoms with Crippen LogP contribution in [0, 0.1) is 0 Å². The maximum Gasteiger partial charge on any atom is 0.317 e. The second-order valence-electron chi connectivity index (χ2n) is 5.08. The highest BCUT2D eigenvalue weighted by atomic mass is 16.4. The number of fused-ring (bicyclic) bond motifs is 1. The van der Waals surface area contributed by atoms with Gasteiger partial charge in [0.25, 0.3) is 0 Å². The first-order valence-electron chi connectivity index (χ1n) is 5.51. The molecule has 3 nitrogen and oxygen atoms in total. The van der Waals surface area contributed by atoms with Crippen LogP contribution >= 0.6 is 0 Å². The number of carboxylic acids is 1. The molecule has 0 amide bonds. The van der Waals surface area contributed by atoms with Gasteiger partial charge >= 0.3 is 5.97 Å². The summed E-state index contributed by atoms with van der Waals surface area (Å²) in [5.41, 5.74) is 2.63. The second kappa shape index (κ2) is 3.91. The lowest BCUT2D eigenvalue weighted by molar-refractivity contribution is -0.138. The molecule has 86 valence electrons. The lowest BCUT2D eigenvalue weighted by Crippen LogP contribution is -2.44. The molecule has 0 bridgehead atoms. The van der Waals surface area contributed by atoms with E-state index in [1.807, 2.05) is 17.0 Å². The largest absolute Gasteiger partial charge is 0.480 e. The summed E-state index contributed by atoms with van der Waals surface area (Å²) in [6, 6.07) is 8.30. The van der Waals surface area contributed by atoms with E-state index in [4.69, 9.17) is 5.11 Å². The maximum absolute atomic E-state index is 10.7. The van der Waals surface area contributed by atoms with Gasteiger partial charge in [-0.15, -0.1) is 0 Å². The minimum Gasteiger partial charge on any atom is -0.480 e. The molecular formula is C13H17NO2. The summed E-state index contributed by atoms with van der Waals surface area (Å²) < 4.78 is 0. The lowest BCUT2D eigenvalue weighted by atomic mass is 9.78. The predicted octanol–water partition coefficient (Wildman–Crippen LogP) is 1.86. The van der Waals surface area contributed by atoms with Gasteiger partial charge in [0.05, 0.1) is 6.54 Å². The van der Waals surface area contributed by atoms with Gasteiger partial charge in [-0.05, 0) is 11.1 Å². The number of rotatable bonds is 2.